The number of benzene rings is 1. The molecule has 0 unspecified atom stereocenters. The second-order valence-corrected chi connectivity index (χ2v) is 9.84. The molecule has 0 fully saturated rings. The van der Waals surface area contributed by atoms with Crippen molar-refractivity contribution in [2.24, 2.45) is 0 Å². The van der Waals surface area contributed by atoms with Crippen LogP contribution in [0, 0.1) is 0 Å². The largest absolute Gasteiger partial charge is 0.497 e. The van der Waals surface area contributed by atoms with Gasteiger partial charge in [0.15, 0.2) is 5.13 Å². The molecular weight excluding hydrogens is 450 g/mol. The number of carbonyl (C=O) groups excluding carboxylic acids is 1. The number of likely N-dealkylation sites (N-methyl/N-ethyl adjacent to an activating group) is 2. The average molecular weight is 476 g/mol. The van der Waals surface area contributed by atoms with E-state index in [1.807, 2.05) is 18.2 Å². The van der Waals surface area contributed by atoms with Gasteiger partial charge in [-0.15, -0.1) is 11.3 Å². The van der Waals surface area contributed by atoms with Crippen molar-refractivity contribution in [2.45, 2.75) is 11.4 Å². The highest BCUT2D eigenvalue weighted by molar-refractivity contribution is 7.89. The van der Waals surface area contributed by atoms with Crippen LogP contribution < -0.4 is 10.1 Å². The highest BCUT2D eigenvalue weighted by atomic mass is 32.2. The van der Waals surface area contributed by atoms with Gasteiger partial charge in [-0.25, -0.2) is 13.4 Å². The van der Waals surface area contributed by atoms with E-state index in [9.17, 15) is 13.2 Å². The quantitative estimate of drug-likeness (QED) is 0.480. The molecule has 0 spiro atoms. The normalized spacial score (nSPS) is 11.4. The minimum absolute atomic E-state index is 0.144. The molecule has 0 aliphatic heterocycles. The summed E-state index contributed by atoms with van der Waals surface area (Å²) < 4.78 is 31.8. The third-order valence-corrected chi connectivity index (χ3v) is 7.41. The Morgan fingerprint density at radius 2 is 1.88 bits per heavy atom. The third-order valence-electron chi connectivity index (χ3n) is 4.73. The van der Waals surface area contributed by atoms with Gasteiger partial charge in [0.25, 0.3) is 5.91 Å². The molecule has 0 aliphatic carbocycles. The number of nitrogens with zero attached hydrogens (tertiary/aromatic N) is 4. The molecule has 2 aromatic heterocycles. The van der Waals surface area contributed by atoms with Crippen LogP contribution in [0.4, 0.5) is 5.13 Å². The van der Waals surface area contributed by atoms with Gasteiger partial charge in [-0.1, -0.05) is 6.07 Å². The summed E-state index contributed by atoms with van der Waals surface area (Å²) in [5.74, 6) is 0.302. The fourth-order valence-corrected chi connectivity index (χ4v) is 4.60. The van der Waals surface area contributed by atoms with Crippen LogP contribution in [0.5, 0.6) is 5.75 Å². The lowest BCUT2D eigenvalue weighted by Gasteiger charge is -2.21. The fourth-order valence-electron chi connectivity index (χ4n) is 2.76. The van der Waals surface area contributed by atoms with Gasteiger partial charge in [-0.3, -0.25) is 9.78 Å². The van der Waals surface area contributed by atoms with Crippen molar-refractivity contribution < 1.29 is 17.9 Å². The first-order chi connectivity index (χ1) is 15.3. The summed E-state index contributed by atoms with van der Waals surface area (Å²) >= 11 is 1.33. The summed E-state index contributed by atoms with van der Waals surface area (Å²) in [6, 6.07) is 11.8. The molecule has 0 radical (unpaired) electrons. The van der Waals surface area contributed by atoms with Gasteiger partial charge in [-0.05, 0) is 36.4 Å². The summed E-state index contributed by atoms with van der Waals surface area (Å²) in [7, 11) is 0.957. The first-order valence-corrected chi connectivity index (χ1v) is 12.1. The topological polar surface area (TPSA) is 105 Å². The maximum absolute atomic E-state index is 12.7. The van der Waals surface area contributed by atoms with Crippen molar-refractivity contribution in [3.63, 3.8) is 0 Å². The van der Waals surface area contributed by atoms with Crippen molar-refractivity contribution in [3.05, 3.63) is 65.4 Å². The predicted molar refractivity (Wildman–Crippen MR) is 123 cm³/mol. The molecule has 0 saturated carbocycles. The van der Waals surface area contributed by atoms with Crippen LogP contribution in [0.25, 0.3) is 0 Å². The van der Waals surface area contributed by atoms with Crippen molar-refractivity contribution >= 4 is 32.4 Å². The fraction of sp³-hybridized carbons (Fsp3) is 0.286. The van der Waals surface area contributed by atoms with Crippen molar-refractivity contribution in [1.82, 2.24) is 19.2 Å². The Kier molecular flexibility index (Phi) is 7.78. The summed E-state index contributed by atoms with van der Waals surface area (Å²) in [6.45, 7) is 0.871. The molecule has 0 atom stereocenters. The maximum Gasteiger partial charge on any atom is 0.273 e. The van der Waals surface area contributed by atoms with Gasteiger partial charge in [0.1, 0.15) is 11.4 Å². The number of anilines is 1. The first kappa shape index (κ1) is 23.6. The molecule has 170 valence electrons. The van der Waals surface area contributed by atoms with Crippen LogP contribution in [-0.2, 0) is 16.6 Å². The van der Waals surface area contributed by atoms with E-state index in [2.05, 4.69) is 15.3 Å². The molecule has 3 aromatic rings. The molecule has 11 heteroatoms. The lowest BCUT2D eigenvalue weighted by Crippen LogP contribution is -2.37. The highest BCUT2D eigenvalue weighted by Crippen LogP contribution is 2.19. The summed E-state index contributed by atoms with van der Waals surface area (Å²) in [5.41, 5.74) is 1.18. The predicted octanol–water partition coefficient (Wildman–Crippen LogP) is 2.55. The number of rotatable bonds is 10. The van der Waals surface area contributed by atoms with Crippen LogP contribution >= 0.6 is 11.3 Å². The average Bonchev–Trinajstić information content (AvgIpc) is 3.30. The molecule has 2 heterocycles. The van der Waals surface area contributed by atoms with Crippen molar-refractivity contribution in [1.29, 1.82) is 0 Å². The van der Waals surface area contributed by atoms with E-state index in [1.165, 1.54) is 46.8 Å². The SMILES string of the molecule is COc1ccc(S(=O)(=O)N(C)CCN(C)C(=O)c2csc(NCc3ccccn3)n2)cc1. The molecule has 1 N–H and O–H groups in total. The van der Waals surface area contributed by atoms with E-state index in [-0.39, 0.29) is 23.9 Å². The minimum atomic E-state index is -3.67. The molecule has 1 amide bonds. The Bertz CT molecular complexity index is 1130. The summed E-state index contributed by atoms with van der Waals surface area (Å²) in [4.78, 5) is 22.9. The second kappa shape index (κ2) is 10.5. The second-order valence-electron chi connectivity index (χ2n) is 6.94. The zero-order valence-electron chi connectivity index (χ0n) is 18.1. The van der Waals surface area contributed by atoms with E-state index >= 15 is 0 Å². The Balaban J connectivity index is 1.54. The highest BCUT2D eigenvalue weighted by Gasteiger charge is 2.22. The lowest BCUT2D eigenvalue weighted by molar-refractivity contribution is 0.0786. The van der Waals surface area contributed by atoms with Crippen molar-refractivity contribution in [2.75, 3.05) is 39.6 Å². The van der Waals surface area contributed by atoms with Gasteiger partial charge in [-0.2, -0.15) is 4.31 Å². The molecular formula is C21H25N5O4S2. The zero-order chi connectivity index (χ0) is 23.1. The van der Waals surface area contributed by atoms with Gasteiger partial charge in [0.2, 0.25) is 10.0 Å². The number of pyridine rings is 1. The minimum Gasteiger partial charge on any atom is -0.497 e. The Morgan fingerprint density at radius 3 is 2.53 bits per heavy atom. The van der Waals surface area contributed by atoms with E-state index in [4.69, 9.17) is 4.74 Å². The Hall–Kier alpha value is -3.02. The van der Waals surface area contributed by atoms with Crippen LogP contribution in [0.3, 0.4) is 0 Å². The molecule has 1 aromatic carbocycles. The number of methoxy groups -OCH3 is 1. The number of ether oxygens (including phenoxy) is 1. The number of hydrogen-bond acceptors (Lipinski definition) is 8. The number of amides is 1. The third kappa shape index (κ3) is 5.81. The van der Waals surface area contributed by atoms with Crippen LogP contribution in [0.1, 0.15) is 16.2 Å². The smallest absolute Gasteiger partial charge is 0.273 e. The number of sulfonamides is 1. The molecule has 0 saturated heterocycles. The first-order valence-electron chi connectivity index (χ1n) is 9.76. The maximum atomic E-state index is 12.7. The van der Waals surface area contributed by atoms with Gasteiger partial charge in [0.05, 0.1) is 24.2 Å². The van der Waals surface area contributed by atoms with Gasteiger partial charge < -0.3 is 15.0 Å². The van der Waals surface area contributed by atoms with Gasteiger partial charge >= 0.3 is 0 Å². The molecule has 0 bridgehead atoms. The zero-order valence-corrected chi connectivity index (χ0v) is 19.7. The Labute approximate surface area is 191 Å². The van der Waals surface area contributed by atoms with Crippen LogP contribution in [-0.4, -0.2) is 67.8 Å². The monoisotopic (exact) mass is 475 g/mol. The standard InChI is InChI=1S/C21H25N5O4S2/c1-25(12-13-26(2)32(28,29)18-9-7-17(30-3)8-10-18)20(27)19-15-31-21(24-19)23-14-16-6-4-5-11-22-16/h4-11,15H,12-14H2,1-3H3,(H,23,24). The summed E-state index contributed by atoms with van der Waals surface area (Å²) in [6.07, 6.45) is 1.72. The molecule has 3 rings (SSSR count). The molecule has 0 aliphatic rings. The van der Waals surface area contributed by atoms with E-state index in [1.54, 1.807) is 30.8 Å². The number of nitrogens with one attached hydrogen (secondary N) is 1. The van der Waals surface area contributed by atoms with E-state index < -0.39 is 10.0 Å². The lowest BCUT2D eigenvalue weighted by atomic mass is 10.3. The number of aromatic nitrogens is 2. The number of thiazole rings is 1. The van der Waals surface area contributed by atoms with Gasteiger partial charge in [0, 0.05) is 38.8 Å². The molecule has 9 nitrogen and oxygen atoms in total. The number of carbonyl (C=O) groups is 1. The van der Waals surface area contributed by atoms with E-state index in [0.29, 0.717) is 23.1 Å². The Morgan fingerprint density at radius 1 is 1.12 bits per heavy atom. The molecule has 32 heavy (non-hydrogen) atoms. The van der Waals surface area contributed by atoms with Crippen molar-refractivity contribution in [3.8, 4) is 5.75 Å². The van der Waals surface area contributed by atoms with E-state index in [0.717, 1.165) is 5.69 Å². The number of hydrogen-bond donors (Lipinski definition) is 1. The van der Waals surface area contributed by atoms with Crippen LogP contribution in [0.15, 0.2) is 58.9 Å². The summed E-state index contributed by atoms with van der Waals surface area (Å²) in [5, 5.41) is 5.44. The van der Waals surface area contributed by atoms with Crippen LogP contribution in [0.2, 0.25) is 0 Å².